The highest BCUT2D eigenvalue weighted by Crippen LogP contribution is 2.38. The van der Waals surface area contributed by atoms with E-state index in [0.717, 1.165) is 89.4 Å². The number of rotatable bonds is 6. The summed E-state index contributed by atoms with van der Waals surface area (Å²) in [5.41, 5.74) is 14.1. The van der Waals surface area contributed by atoms with Crippen molar-refractivity contribution in [2.45, 2.75) is 13.3 Å². The molecule has 1 aromatic carbocycles. The van der Waals surface area contributed by atoms with Crippen LogP contribution in [0.2, 0.25) is 0 Å². The molecule has 0 aliphatic carbocycles. The molecule has 0 fully saturated rings. The molecule has 8 bridgehead atoms. The van der Waals surface area contributed by atoms with E-state index in [0.29, 0.717) is 5.75 Å². The Hall–Kier alpha value is -7.26. The molecule has 0 saturated carbocycles. The zero-order valence-corrected chi connectivity index (χ0v) is 28.6. The van der Waals surface area contributed by atoms with E-state index in [1.165, 1.54) is 0 Å². The molecule has 9 nitrogen and oxygen atoms in total. The number of carbonyl (C=O) groups is 1. The summed E-state index contributed by atoms with van der Waals surface area (Å²) in [5, 5.41) is 0. The molecular weight excluding hydrogens is 659 g/mol. The Kier molecular flexibility index (Phi) is 8.05. The number of nitrogens with zero attached hydrogens (tertiary/aromatic N) is 5. The van der Waals surface area contributed by atoms with Gasteiger partial charge in [0.05, 0.1) is 22.8 Å². The number of ether oxygens (including phenoxy) is 1. The molecule has 0 atom stereocenters. The van der Waals surface area contributed by atoms with Crippen molar-refractivity contribution in [3.63, 3.8) is 0 Å². The number of nitrogens with one attached hydrogen (secondary N) is 2. The Morgan fingerprint density at radius 3 is 1.26 bits per heavy atom. The number of hydrogen-bond acceptors (Lipinski definition) is 7. The van der Waals surface area contributed by atoms with Crippen LogP contribution in [0.1, 0.15) is 36.1 Å². The molecule has 0 amide bonds. The molecule has 6 aromatic heterocycles. The molecule has 53 heavy (non-hydrogen) atoms. The Morgan fingerprint density at radius 1 is 0.509 bits per heavy atom. The van der Waals surface area contributed by atoms with Crippen molar-refractivity contribution >= 4 is 52.3 Å². The molecule has 2 N–H and O–H groups in total. The molecule has 0 unspecified atom stereocenters. The predicted octanol–water partition coefficient (Wildman–Crippen LogP) is 9.82. The summed E-state index contributed by atoms with van der Waals surface area (Å²) in [7, 11) is 0. The second kappa shape index (κ2) is 13.5. The van der Waals surface area contributed by atoms with Gasteiger partial charge in [0.25, 0.3) is 0 Å². The van der Waals surface area contributed by atoms with E-state index < -0.39 is 0 Å². The number of H-pyrrole nitrogens is 2. The molecule has 7 aromatic rings. The summed E-state index contributed by atoms with van der Waals surface area (Å²) >= 11 is 0. The minimum atomic E-state index is -0.301. The molecule has 0 radical (unpaired) electrons. The summed E-state index contributed by atoms with van der Waals surface area (Å²) in [6, 6.07) is 27.9. The molecule has 8 heterocycles. The van der Waals surface area contributed by atoms with Crippen LogP contribution in [-0.2, 0) is 4.79 Å². The highest BCUT2D eigenvalue weighted by molar-refractivity contribution is 5.99. The van der Waals surface area contributed by atoms with Crippen LogP contribution in [0.15, 0.2) is 122 Å². The summed E-state index contributed by atoms with van der Waals surface area (Å²) < 4.78 is 5.66. The molecule has 2 aliphatic rings. The summed E-state index contributed by atoms with van der Waals surface area (Å²) in [4.78, 5) is 43.3. The maximum atomic E-state index is 12.3. The first kappa shape index (κ1) is 31.7. The Labute approximate surface area is 304 Å². The van der Waals surface area contributed by atoms with E-state index in [-0.39, 0.29) is 12.4 Å². The largest absolute Gasteiger partial charge is 0.427 e. The summed E-state index contributed by atoms with van der Waals surface area (Å²) in [6.07, 6.45) is 19.2. The third kappa shape index (κ3) is 6.00. The predicted molar refractivity (Wildman–Crippen MR) is 210 cm³/mol. The second-order valence-corrected chi connectivity index (χ2v) is 12.6. The molecule has 2 aliphatic heterocycles. The number of pyridine rings is 3. The van der Waals surface area contributed by atoms with Crippen LogP contribution in [0.5, 0.6) is 5.75 Å². The van der Waals surface area contributed by atoms with Gasteiger partial charge in [0.1, 0.15) is 5.75 Å². The number of carbonyl (C=O) groups excluding carboxylic acids is 1. The third-order valence-electron chi connectivity index (χ3n) is 9.30. The minimum absolute atomic E-state index is 0.273. The van der Waals surface area contributed by atoms with Crippen LogP contribution in [0.3, 0.4) is 0 Å². The SMILES string of the molecule is CCC(=O)Oc1cccc(-c2c3nc(c(-c4ccncc4)c4ccc([nH]4)c(-c4ccncc4)c4nc(c(-c5ccncc5)c5ccc2[nH]5)C=C4)C=C3)c1. The number of aromatic nitrogens is 7. The average Bonchev–Trinajstić information content (AvgIpc) is 4.04. The van der Waals surface area contributed by atoms with Gasteiger partial charge in [-0.25, -0.2) is 9.97 Å². The van der Waals surface area contributed by atoms with E-state index in [4.69, 9.17) is 14.7 Å². The van der Waals surface area contributed by atoms with Gasteiger partial charge in [-0.15, -0.1) is 0 Å². The number of aromatic amines is 2. The van der Waals surface area contributed by atoms with Gasteiger partial charge in [-0.2, -0.15) is 0 Å². The quantitative estimate of drug-likeness (QED) is 0.132. The zero-order valence-electron chi connectivity index (χ0n) is 28.6. The van der Waals surface area contributed by atoms with E-state index in [2.05, 4.69) is 61.3 Å². The van der Waals surface area contributed by atoms with Gasteiger partial charge in [-0.3, -0.25) is 19.7 Å². The first-order valence-corrected chi connectivity index (χ1v) is 17.3. The minimum Gasteiger partial charge on any atom is -0.427 e. The maximum absolute atomic E-state index is 12.3. The molecule has 0 saturated heterocycles. The van der Waals surface area contributed by atoms with Crippen LogP contribution in [0.4, 0.5) is 0 Å². The van der Waals surface area contributed by atoms with Gasteiger partial charge >= 0.3 is 5.97 Å². The highest BCUT2D eigenvalue weighted by atomic mass is 16.5. The molecule has 254 valence electrons. The molecule has 0 spiro atoms. The topological polar surface area (TPSA) is 122 Å². The zero-order chi connectivity index (χ0) is 35.7. The Bertz CT molecular complexity index is 2710. The lowest BCUT2D eigenvalue weighted by Gasteiger charge is -2.08. The maximum Gasteiger partial charge on any atom is 0.310 e. The van der Waals surface area contributed by atoms with Crippen molar-refractivity contribution in [3.8, 4) is 50.3 Å². The summed E-state index contributed by atoms with van der Waals surface area (Å²) in [6.45, 7) is 1.78. The van der Waals surface area contributed by atoms with E-state index >= 15 is 0 Å². The smallest absolute Gasteiger partial charge is 0.310 e. The number of esters is 1. The van der Waals surface area contributed by atoms with Crippen molar-refractivity contribution in [1.82, 2.24) is 34.9 Å². The number of benzene rings is 1. The van der Waals surface area contributed by atoms with Gasteiger partial charge in [0.15, 0.2) is 0 Å². The van der Waals surface area contributed by atoms with Crippen LogP contribution < -0.4 is 4.74 Å². The number of fused-ring (bicyclic) bond motifs is 8. The van der Waals surface area contributed by atoms with Crippen molar-refractivity contribution in [2.75, 3.05) is 0 Å². The standard InChI is InChI=1S/C44H31N7O2/c1-2-40(52)53-31-5-3-4-30(26-31)44-38-12-10-36(50-38)42(28-16-22-46-23-17-28)34-8-6-32(48-34)41(27-14-20-45-21-15-27)33-7-9-35(49-33)43(29-18-24-47-25-19-29)37-11-13-39(44)51-37/h3-26,48,51H,2H2,1H3. The lowest BCUT2D eigenvalue weighted by molar-refractivity contribution is -0.134. The fourth-order valence-corrected chi connectivity index (χ4v) is 6.89. The normalized spacial score (nSPS) is 11.9. The van der Waals surface area contributed by atoms with Gasteiger partial charge < -0.3 is 14.7 Å². The summed E-state index contributed by atoms with van der Waals surface area (Å²) in [5.74, 6) is 0.166. The average molecular weight is 690 g/mol. The van der Waals surface area contributed by atoms with E-state index in [1.807, 2.05) is 66.7 Å². The lowest BCUT2D eigenvalue weighted by Crippen LogP contribution is -2.05. The van der Waals surface area contributed by atoms with Crippen LogP contribution in [-0.4, -0.2) is 40.9 Å². The monoisotopic (exact) mass is 689 g/mol. The van der Waals surface area contributed by atoms with Gasteiger partial charge in [0.2, 0.25) is 0 Å². The van der Waals surface area contributed by atoms with Gasteiger partial charge in [-0.1, -0.05) is 19.1 Å². The van der Waals surface area contributed by atoms with Crippen LogP contribution >= 0.6 is 0 Å². The van der Waals surface area contributed by atoms with Gasteiger partial charge in [0, 0.05) is 87.9 Å². The lowest BCUT2D eigenvalue weighted by atomic mass is 10.0. The fraction of sp³-hybridized carbons (Fsp3) is 0.0455. The first-order valence-electron chi connectivity index (χ1n) is 17.3. The number of hydrogen-bond donors (Lipinski definition) is 2. The second-order valence-electron chi connectivity index (χ2n) is 12.6. The molecular formula is C44H31N7O2. The van der Waals surface area contributed by atoms with Gasteiger partial charge in [-0.05, 0) is 119 Å². The Balaban J connectivity index is 1.44. The van der Waals surface area contributed by atoms with Crippen LogP contribution in [0.25, 0.3) is 90.9 Å². The van der Waals surface area contributed by atoms with Crippen molar-refractivity contribution in [1.29, 1.82) is 0 Å². The molecule has 9 heteroatoms. The first-order chi connectivity index (χ1) is 26.1. The molecule has 9 rings (SSSR count). The van der Waals surface area contributed by atoms with Crippen molar-refractivity contribution in [3.05, 3.63) is 145 Å². The van der Waals surface area contributed by atoms with E-state index in [9.17, 15) is 4.79 Å². The third-order valence-corrected chi connectivity index (χ3v) is 9.30. The highest BCUT2D eigenvalue weighted by Gasteiger charge is 2.19. The fourth-order valence-electron chi connectivity index (χ4n) is 6.89. The van der Waals surface area contributed by atoms with Crippen molar-refractivity contribution < 1.29 is 9.53 Å². The Morgan fingerprint density at radius 2 is 0.887 bits per heavy atom. The van der Waals surface area contributed by atoms with Crippen molar-refractivity contribution in [2.24, 2.45) is 0 Å². The van der Waals surface area contributed by atoms with E-state index in [1.54, 1.807) is 50.2 Å². The van der Waals surface area contributed by atoms with Crippen LogP contribution in [0, 0.1) is 0 Å².